The maximum absolute atomic E-state index is 5.40. The van der Waals surface area contributed by atoms with Gasteiger partial charge in [-0.25, -0.2) is 10.8 Å². The predicted octanol–water partition coefficient (Wildman–Crippen LogP) is 1.65. The molecule has 8 nitrogen and oxygen atoms in total. The van der Waals surface area contributed by atoms with E-state index < -0.39 is 0 Å². The number of nitrogens with zero attached hydrogens (tertiary/aromatic N) is 6. The van der Waals surface area contributed by atoms with Crippen molar-refractivity contribution < 1.29 is 0 Å². The van der Waals surface area contributed by atoms with Crippen molar-refractivity contribution in [1.29, 1.82) is 0 Å². The molecule has 3 rings (SSSR count). The van der Waals surface area contributed by atoms with Gasteiger partial charge in [0.2, 0.25) is 5.95 Å². The average Bonchev–Trinajstić information content (AvgIpc) is 3.04. The van der Waals surface area contributed by atoms with E-state index in [0.29, 0.717) is 11.1 Å². The molecule has 3 aromatic rings. The van der Waals surface area contributed by atoms with Crippen LogP contribution in [0, 0.1) is 0 Å². The lowest BCUT2D eigenvalue weighted by molar-refractivity contribution is 0.759. The van der Waals surface area contributed by atoms with Gasteiger partial charge in [0.15, 0.2) is 5.16 Å². The first-order chi connectivity index (χ1) is 10.3. The fourth-order valence-electron chi connectivity index (χ4n) is 1.50. The molecule has 0 unspecified atom stereocenters. The van der Waals surface area contributed by atoms with E-state index in [1.807, 2.05) is 24.3 Å². The Morgan fingerprint density at radius 2 is 2.05 bits per heavy atom. The SMILES string of the molecule is NNc1nc(Sc2ccccc2Br)nc(-n2cncn2)n1. The van der Waals surface area contributed by atoms with Gasteiger partial charge in [-0.05, 0) is 39.8 Å². The van der Waals surface area contributed by atoms with Crippen molar-refractivity contribution in [2.24, 2.45) is 5.84 Å². The summed E-state index contributed by atoms with van der Waals surface area (Å²) >= 11 is 4.88. The molecule has 0 saturated carbocycles. The summed E-state index contributed by atoms with van der Waals surface area (Å²) in [6, 6.07) is 7.79. The zero-order valence-corrected chi connectivity index (χ0v) is 12.9. The summed E-state index contributed by atoms with van der Waals surface area (Å²) in [7, 11) is 0. The highest BCUT2D eigenvalue weighted by Gasteiger charge is 2.11. The highest BCUT2D eigenvalue weighted by Crippen LogP contribution is 2.31. The van der Waals surface area contributed by atoms with Crippen LogP contribution in [-0.2, 0) is 0 Å². The first kappa shape index (κ1) is 13.9. The number of nitrogens with two attached hydrogens (primary N) is 1. The van der Waals surface area contributed by atoms with E-state index in [1.165, 1.54) is 29.1 Å². The fourth-order valence-corrected chi connectivity index (χ4v) is 2.79. The molecule has 0 amide bonds. The van der Waals surface area contributed by atoms with Crippen molar-refractivity contribution in [3.05, 3.63) is 41.4 Å². The number of halogens is 1. The van der Waals surface area contributed by atoms with Gasteiger partial charge in [-0.1, -0.05) is 12.1 Å². The van der Waals surface area contributed by atoms with Crippen LogP contribution >= 0.6 is 27.7 Å². The van der Waals surface area contributed by atoms with Crippen LogP contribution in [-0.4, -0.2) is 29.7 Å². The fraction of sp³-hybridized carbons (Fsp3) is 0. The van der Waals surface area contributed by atoms with Crippen molar-refractivity contribution in [3.8, 4) is 5.95 Å². The second-order valence-corrected chi connectivity index (χ2v) is 5.62. The standard InChI is InChI=1S/C11H9BrN8S/c12-7-3-1-2-4-8(7)21-11-17-9(19-13)16-10(18-11)20-6-14-5-15-20/h1-6H,13H2,(H,16,17,18,19). The van der Waals surface area contributed by atoms with Gasteiger partial charge in [-0.3, -0.25) is 5.43 Å². The first-order valence-electron chi connectivity index (χ1n) is 5.76. The minimum Gasteiger partial charge on any atom is -0.292 e. The zero-order valence-electron chi connectivity index (χ0n) is 10.5. The second-order valence-electron chi connectivity index (χ2n) is 3.76. The molecule has 1 aromatic carbocycles. The summed E-state index contributed by atoms with van der Waals surface area (Å²) in [6.45, 7) is 0. The minimum atomic E-state index is 0.255. The molecule has 0 aliphatic rings. The van der Waals surface area contributed by atoms with Crippen molar-refractivity contribution in [2.45, 2.75) is 10.1 Å². The monoisotopic (exact) mass is 364 g/mol. The van der Waals surface area contributed by atoms with Crippen LogP contribution in [0.15, 0.2) is 51.4 Å². The van der Waals surface area contributed by atoms with E-state index in [0.717, 1.165) is 9.37 Å². The Hall–Kier alpha value is -2.04. The number of hydrazine groups is 1. The third kappa shape index (κ3) is 3.17. The van der Waals surface area contributed by atoms with Gasteiger partial charge < -0.3 is 0 Å². The largest absolute Gasteiger partial charge is 0.292 e. The molecule has 0 aliphatic carbocycles. The molecule has 0 radical (unpaired) electrons. The molecule has 3 N–H and O–H groups in total. The quantitative estimate of drug-likeness (QED) is 0.531. The van der Waals surface area contributed by atoms with Gasteiger partial charge in [-0.15, -0.1) is 0 Å². The van der Waals surface area contributed by atoms with Gasteiger partial charge in [0.25, 0.3) is 5.95 Å². The third-order valence-corrected chi connectivity index (χ3v) is 4.29. The molecule has 10 heteroatoms. The molecule has 0 spiro atoms. The highest BCUT2D eigenvalue weighted by atomic mass is 79.9. The Kier molecular flexibility index (Phi) is 4.08. The molecule has 0 atom stereocenters. The molecular weight excluding hydrogens is 356 g/mol. The number of benzene rings is 1. The maximum Gasteiger partial charge on any atom is 0.257 e. The number of aromatic nitrogens is 6. The summed E-state index contributed by atoms with van der Waals surface area (Å²) in [5.41, 5.74) is 2.42. The average molecular weight is 365 g/mol. The van der Waals surface area contributed by atoms with Crippen molar-refractivity contribution in [2.75, 3.05) is 5.43 Å². The Balaban J connectivity index is 1.99. The number of nitrogen functional groups attached to an aromatic ring is 1. The molecule has 106 valence electrons. The lowest BCUT2D eigenvalue weighted by Gasteiger charge is -2.06. The Bertz CT molecular complexity index is 748. The van der Waals surface area contributed by atoms with E-state index >= 15 is 0 Å². The van der Waals surface area contributed by atoms with Crippen molar-refractivity contribution in [3.63, 3.8) is 0 Å². The normalized spacial score (nSPS) is 10.6. The summed E-state index contributed by atoms with van der Waals surface area (Å²) in [4.78, 5) is 17.6. The number of anilines is 1. The van der Waals surface area contributed by atoms with Gasteiger partial charge >= 0.3 is 0 Å². The van der Waals surface area contributed by atoms with Crippen molar-refractivity contribution >= 4 is 33.6 Å². The molecule has 2 heterocycles. The van der Waals surface area contributed by atoms with Crippen LogP contribution in [0.5, 0.6) is 0 Å². The Morgan fingerprint density at radius 1 is 1.19 bits per heavy atom. The molecule has 0 bridgehead atoms. The van der Waals surface area contributed by atoms with Gasteiger partial charge in [0.05, 0.1) is 0 Å². The lowest BCUT2D eigenvalue weighted by Crippen LogP contribution is -2.14. The van der Waals surface area contributed by atoms with Gasteiger partial charge in [-0.2, -0.15) is 24.7 Å². The summed E-state index contributed by atoms with van der Waals surface area (Å²) < 4.78 is 2.40. The van der Waals surface area contributed by atoms with E-state index in [9.17, 15) is 0 Å². The minimum absolute atomic E-state index is 0.255. The van der Waals surface area contributed by atoms with Crippen LogP contribution in [0.1, 0.15) is 0 Å². The van der Waals surface area contributed by atoms with Crippen LogP contribution in [0.3, 0.4) is 0 Å². The number of nitrogens with one attached hydrogen (secondary N) is 1. The summed E-state index contributed by atoms with van der Waals surface area (Å²) in [5, 5.41) is 4.49. The molecule has 2 aromatic heterocycles. The van der Waals surface area contributed by atoms with E-state index in [2.05, 4.69) is 46.4 Å². The van der Waals surface area contributed by atoms with Gasteiger partial charge in [0.1, 0.15) is 12.7 Å². The summed E-state index contributed by atoms with van der Waals surface area (Å²) in [6.07, 6.45) is 2.91. The highest BCUT2D eigenvalue weighted by molar-refractivity contribution is 9.10. The lowest BCUT2D eigenvalue weighted by atomic mass is 10.4. The van der Waals surface area contributed by atoms with E-state index in [4.69, 9.17) is 5.84 Å². The van der Waals surface area contributed by atoms with E-state index in [1.54, 1.807) is 0 Å². The smallest absolute Gasteiger partial charge is 0.257 e. The molecule has 0 saturated heterocycles. The number of rotatable bonds is 4. The third-order valence-electron chi connectivity index (χ3n) is 2.39. The maximum atomic E-state index is 5.40. The number of hydrogen-bond acceptors (Lipinski definition) is 8. The van der Waals surface area contributed by atoms with Crippen LogP contribution in [0.4, 0.5) is 5.95 Å². The van der Waals surface area contributed by atoms with Crippen LogP contribution in [0.25, 0.3) is 5.95 Å². The molecule has 0 fully saturated rings. The molecule has 0 aliphatic heterocycles. The van der Waals surface area contributed by atoms with Crippen LogP contribution in [0.2, 0.25) is 0 Å². The molecular formula is C11H9BrN8S. The number of hydrogen-bond donors (Lipinski definition) is 2. The summed E-state index contributed by atoms with van der Waals surface area (Å²) in [5.74, 6) is 5.99. The first-order valence-corrected chi connectivity index (χ1v) is 7.37. The predicted molar refractivity (Wildman–Crippen MR) is 80.8 cm³/mol. The molecule has 21 heavy (non-hydrogen) atoms. The van der Waals surface area contributed by atoms with E-state index in [-0.39, 0.29) is 5.95 Å². The topological polar surface area (TPSA) is 107 Å². The second kappa shape index (κ2) is 6.16. The van der Waals surface area contributed by atoms with Gasteiger partial charge in [0, 0.05) is 9.37 Å². The zero-order chi connectivity index (χ0) is 14.7. The Labute approximate surface area is 132 Å². The van der Waals surface area contributed by atoms with Crippen molar-refractivity contribution in [1.82, 2.24) is 29.7 Å². The van der Waals surface area contributed by atoms with Crippen LogP contribution < -0.4 is 11.3 Å². The Morgan fingerprint density at radius 3 is 2.76 bits per heavy atom.